The molecule has 19 heteroatoms. The molecule has 5 N–H and O–H groups in total. The van der Waals surface area contributed by atoms with Crippen LogP contribution in [-0.4, -0.2) is 97.3 Å². The molecule has 3 aromatic rings. The lowest BCUT2D eigenvalue weighted by molar-refractivity contribution is -0.146. The Balaban J connectivity index is 1.37. The first-order valence-electron chi connectivity index (χ1n) is 12.5. The van der Waals surface area contributed by atoms with Crippen molar-refractivity contribution in [3.63, 3.8) is 0 Å². The lowest BCUT2D eigenvalue weighted by Gasteiger charge is -2.46. The van der Waals surface area contributed by atoms with E-state index in [1.165, 1.54) is 11.4 Å². The Morgan fingerprint density at radius 3 is 2.55 bits per heavy atom. The minimum absolute atomic E-state index is 0.0154. The number of aliphatic carboxylic acids is 1. The number of nitrogens with one attached hydrogen (secondary N) is 1. The van der Waals surface area contributed by atoms with Crippen molar-refractivity contribution in [1.29, 1.82) is 0 Å². The van der Waals surface area contributed by atoms with Crippen LogP contribution in [0.1, 0.15) is 38.7 Å². The fraction of sp³-hybridized carbons (Fsp3) is 0.240. The quantitative estimate of drug-likeness (QED) is 0.0413. The van der Waals surface area contributed by atoms with E-state index in [2.05, 4.69) is 25.5 Å². The van der Waals surface area contributed by atoms with Gasteiger partial charge in [0.15, 0.2) is 11.5 Å². The van der Waals surface area contributed by atoms with Gasteiger partial charge in [-0.3, -0.25) is 14.5 Å². The largest absolute Gasteiger partial charge is 0.504 e. The second-order valence-corrected chi connectivity index (χ2v) is 11.7. The molecule has 1 aromatic carbocycles. The monoisotopic (exact) mass is 643 g/mol. The molecule has 2 aliphatic rings. The van der Waals surface area contributed by atoms with Crippen LogP contribution in [0, 0.1) is 13.8 Å². The predicted octanol–water partition coefficient (Wildman–Crippen LogP) is 0.872. The van der Waals surface area contributed by atoms with Crippen molar-refractivity contribution < 1.29 is 49.2 Å². The van der Waals surface area contributed by atoms with Gasteiger partial charge in [0.05, 0.1) is 17.4 Å². The number of carbonyl (C=O) groups excluding carboxylic acids is 3. The van der Waals surface area contributed by atoms with Crippen LogP contribution < -0.4 is 5.32 Å². The van der Waals surface area contributed by atoms with E-state index in [1.54, 1.807) is 13.0 Å². The van der Waals surface area contributed by atoms with Crippen LogP contribution in [0.5, 0.6) is 11.5 Å². The number of aromatic carboxylic acids is 1. The third kappa shape index (κ3) is 5.86. The van der Waals surface area contributed by atoms with Gasteiger partial charge in [-0.05, 0) is 37.6 Å². The van der Waals surface area contributed by atoms with Crippen molar-refractivity contribution in [2.45, 2.75) is 36.0 Å². The highest BCUT2D eigenvalue weighted by molar-refractivity contribution is 8.01. The molecule has 1 fully saturated rings. The fourth-order valence-corrected chi connectivity index (χ4v) is 6.98. The molecule has 0 radical (unpaired) electrons. The Bertz CT molecular complexity index is 1820. The van der Waals surface area contributed by atoms with Gasteiger partial charge >= 0.3 is 17.9 Å². The number of fused-ring (bicyclic) bond motifs is 2. The number of hydrogen-bond acceptors (Lipinski definition) is 14. The molecule has 0 bridgehead atoms. The van der Waals surface area contributed by atoms with Gasteiger partial charge in [0, 0.05) is 17.0 Å². The highest BCUT2D eigenvalue weighted by atomic mass is 32.2. The Hall–Kier alpha value is -5.17. The lowest BCUT2D eigenvalue weighted by atomic mass is 10.1. The van der Waals surface area contributed by atoms with Crippen LogP contribution in [0.3, 0.4) is 0 Å². The number of phenolic OH excluding ortho intramolecular Hbond substituents is 2. The van der Waals surface area contributed by atoms with Gasteiger partial charge in [0.25, 0.3) is 17.5 Å². The summed E-state index contributed by atoms with van der Waals surface area (Å²) in [6.07, 6.45) is 0.718. The molecule has 1 saturated heterocycles. The summed E-state index contributed by atoms with van der Waals surface area (Å²) < 4.78 is 1.19. The minimum Gasteiger partial charge on any atom is -0.504 e. The van der Waals surface area contributed by atoms with E-state index in [0.29, 0.717) is 16.9 Å². The molecule has 228 valence electrons. The summed E-state index contributed by atoms with van der Waals surface area (Å²) in [5, 5.41) is 47.3. The molecule has 2 aromatic heterocycles. The van der Waals surface area contributed by atoms with Gasteiger partial charge in [0.2, 0.25) is 5.91 Å². The maximum atomic E-state index is 12.8. The highest BCUT2D eigenvalue weighted by Crippen LogP contribution is 2.44. The summed E-state index contributed by atoms with van der Waals surface area (Å²) in [6.45, 7) is 3.14. The van der Waals surface area contributed by atoms with E-state index in [1.807, 2.05) is 0 Å². The van der Waals surface area contributed by atoms with Crippen LogP contribution in [0.2, 0.25) is 0 Å². The number of carboxylic acid groups (broad SMARTS) is 2. The second-order valence-electron chi connectivity index (χ2n) is 9.37. The van der Waals surface area contributed by atoms with Gasteiger partial charge in [-0.2, -0.15) is 9.50 Å². The maximum Gasteiger partial charge on any atom is 0.375 e. The summed E-state index contributed by atoms with van der Waals surface area (Å²) in [7, 11) is 0. The van der Waals surface area contributed by atoms with Crippen molar-refractivity contribution in [2.75, 3.05) is 5.75 Å². The number of aromatic nitrogens is 4. The smallest absolute Gasteiger partial charge is 0.375 e. The predicted molar refractivity (Wildman–Crippen MR) is 151 cm³/mol. The van der Waals surface area contributed by atoms with E-state index >= 15 is 0 Å². The van der Waals surface area contributed by atoms with Crippen molar-refractivity contribution >= 4 is 65.2 Å². The number of carbonyl (C=O) groups is 5. The Morgan fingerprint density at radius 2 is 1.86 bits per heavy atom. The van der Waals surface area contributed by atoms with E-state index < -0.39 is 57.8 Å². The zero-order chi connectivity index (χ0) is 31.9. The standard InChI is InChI=1S/C25H21N7O10S2/c1-9-3-13(33)14(34)5-11(9)24(41)42-26-7-15(35)28-21-12(19(22(37)38)31-16(36)6-17(31)44-21)8-43-18-4-10(2)27-25-29-20(23(39)40)30-32(18)25/h3-5,7,17,21,33-34H,6,8H2,1-2H3,(H,28,35)(H,37,38)(H,39,40)/b26-7-. The number of benzene rings is 1. The summed E-state index contributed by atoms with van der Waals surface area (Å²) in [5.74, 6) is -6.55. The zero-order valence-electron chi connectivity index (χ0n) is 22.6. The number of amides is 2. The number of nitrogens with zero attached hydrogens (tertiary/aromatic N) is 6. The summed E-state index contributed by atoms with van der Waals surface area (Å²) >= 11 is 2.19. The molecule has 2 unspecified atom stereocenters. The third-order valence-electron chi connectivity index (χ3n) is 6.36. The molecule has 44 heavy (non-hydrogen) atoms. The van der Waals surface area contributed by atoms with E-state index in [4.69, 9.17) is 4.84 Å². The van der Waals surface area contributed by atoms with Gasteiger partial charge in [-0.15, -0.1) is 28.6 Å². The summed E-state index contributed by atoms with van der Waals surface area (Å²) in [5.41, 5.74) is 0.518. The molecule has 2 atom stereocenters. The lowest BCUT2D eigenvalue weighted by Crippen LogP contribution is -2.57. The minimum atomic E-state index is -1.39. The van der Waals surface area contributed by atoms with Crippen LogP contribution in [0.15, 0.2) is 39.7 Å². The van der Waals surface area contributed by atoms with Gasteiger partial charge < -0.3 is 30.6 Å². The third-order valence-corrected chi connectivity index (χ3v) is 8.77. The Kier molecular flexibility index (Phi) is 8.15. The molecule has 2 aliphatic heterocycles. The first kappa shape index (κ1) is 30.3. The van der Waals surface area contributed by atoms with Crippen LogP contribution in [0.25, 0.3) is 5.78 Å². The molecule has 4 heterocycles. The zero-order valence-corrected chi connectivity index (χ0v) is 24.2. The van der Waals surface area contributed by atoms with Crippen LogP contribution in [0.4, 0.5) is 0 Å². The average molecular weight is 644 g/mol. The molecule has 2 amide bonds. The Morgan fingerprint density at radius 1 is 1.14 bits per heavy atom. The van der Waals surface area contributed by atoms with E-state index in [0.717, 1.165) is 40.6 Å². The first-order valence-corrected chi connectivity index (χ1v) is 14.4. The summed E-state index contributed by atoms with van der Waals surface area (Å²) in [4.78, 5) is 75.1. The SMILES string of the molecule is Cc1cc(SCC2=C(C(=O)O)N3C(=O)CC3SC2NC(=O)/C=N\OC(=O)c2cc(O)c(O)cc2C)n2nc(C(=O)O)nc2n1. The number of thioether (sulfide) groups is 2. The molecule has 0 saturated carbocycles. The molecule has 17 nitrogen and oxygen atoms in total. The Labute approximate surface area is 254 Å². The van der Waals surface area contributed by atoms with E-state index in [-0.39, 0.29) is 40.3 Å². The molecule has 5 rings (SSSR count). The van der Waals surface area contributed by atoms with Gasteiger partial charge in [-0.25, -0.2) is 19.4 Å². The number of aromatic hydroxyl groups is 2. The van der Waals surface area contributed by atoms with Crippen LogP contribution >= 0.6 is 23.5 Å². The van der Waals surface area contributed by atoms with Gasteiger partial charge in [0.1, 0.15) is 22.3 Å². The number of phenols is 2. The van der Waals surface area contributed by atoms with Crippen molar-refractivity contribution in [3.05, 3.63) is 52.1 Å². The average Bonchev–Trinajstić information content (AvgIpc) is 3.38. The number of hydrogen-bond donors (Lipinski definition) is 5. The second kappa shape index (κ2) is 11.8. The van der Waals surface area contributed by atoms with E-state index in [9.17, 15) is 44.4 Å². The van der Waals surface area contributed by atoms with Crippen molar-refractivity contribution in [1.82, 2.24) is 29.8 Å². The molecular weight excluding hydrogens is 622 g/mol. The molecule has 0 aliphatic carbocycles. The number of rotatable bonds is 9. The normalized spacial score (nSPS) is 17.9. The van der Waals surface area contributed by atoms with Crippen molar-refractivity contribution in [2.24, 2.45) is 5.16 Å². The number of aryl methyl sites for hydroxylation is 2. The number of β-lactam (4-membered cyclic amide) rings is 1. The topological polar surface area (TPSA) is 246 Å². The maximum absolute atomic E-state index is 12.8. The fourth-order valence-electron chi connectivity index (χ4n) is 4.33. The number of oxime groups is 1. The molecular formula is C25H21N7O10S2. The first-order chi connectivity index (χ1) is 20.8. The van der Waals surface area contributed by atoms with Crippen LogP contribution in [-0.2, 0) is 19.2 Å². The molecule has 0 spiro atoms. The number of carboxylic acids is 2. The summed E-state index contributed by atoms with van der Waals surface area (Å²) in [6, 6.07) is 3.72. The van der Waals surface area contributed by atoms with Crippen molar-refractivity contribution in [3.8, 4) is 11.5 Å². The van der Waals surface area contributed by atoms with Gasteiger partial charge in [-0.1, -0.05) is 5.16 Å². The highest BCUT2D eigenvalue weighted by Gasteiger charge is 2.48.